The molecule has 10 heteroatoms. The number of benzene rings is 1. The minimum absolute atomic E-state index is 0.112. The predicted molar refractivity (Wildman–Crippen MR) is 93.6 cm³/mol. The van der Waals surface area contributed by atoms with Gasteiger partial charge in [0, 0.05) is 17.3 Å². The van der Waals surface area contributed by atoms with Crippen LogP contribution in [0.15, 0.2) is 41.1 Å². The number of halogens is 2. The molecule has 0 radical (unpaired) electrons. The minimum atomic E-state index is -0.580. The van der Waals surface area contributed by atoms with Gasteiger partial charge in [-0.1, -0.05) is 16.8 Å². The molecule has 0 aliphatic carbocycles. The second kappa shape index (κ2) is 6.76. The van der Waals surface area contributed by atoms with Crippen molar-refractivity contribution in [1.29, 1.82) is 0 Å². The smallest absolute Gasteiger partial charge is 0.258 e. The third-order valence-corrected chi connectivity index (χ3v) is 4.13. The van der Waals surface area contributed by atoms with Crippen LogP contribution in [0.25, 0.3) is 17.1 Å². The molecule has 0 atom stereocenters. The van der Waals surface area contributed by atoms with Crippen molar-refractivity contribution >= 4 is 23.2 Å². The Morgan fingerprint density at radius 3 is 2.89 bits per heavy atom. The first-order valence-corrected chi connectivity index (χ1v) is 8.26. The molecule has 3 aromatic heterocycles. The third-order valence-electron chi connectivity index (χ3n) is 3.84. The van der Waals surface area contributed by atoms with Gasteiger partial charge < -0.3 is 9.84 Å². The maximum Gasteiger partial charge on any atom is 0.258 e. The Kier molecular flexibility index (Phi) is 4.28. The van der Waals surface area contributed by atoms with Gasteiger partial charge in [-0.05, 0) is 37.3 Å². The van der Waals surface area contributed by atoms with Crippen LogP contribution in [0.5, 0.6) is 0 Å². The summed E-state index contributed by atoms with van der Waals surface area (Å²) in [5.41, 5.74) is 1.54. The number of fused-ring (bicyclic) bond motifs is 1. The fraction of sp³-hybridized carbons (Fsp3) is 0.118. The summed E-state index contributed by atoms with van der Waals surface area (Å²) in [5.74, 6) is 0.479. The van der Waals surface area contributed by atoms with Gasteiger partial charge in [0.1, 0.15) is 5.82 Å². The second-order valence-corrected chi connectivity index (χ2v) is 6.13. The number of aromatic nitrogens is 5. The first-order valence-electron chi connectivity index (χ1n) is 7.89. The molecule has 0 fully saturated rings. The molecule has 1 N–H and O–H groups in total. The maximum absolute atomic E-state index is 13.2. The fourth-order valence-corrected chi connectivity index (χ4v) is 2.69. The predicted octanol–water partition coefficient (Wildman–Crippen LogP) is 2.81. The van der Waals surface area contributed by atoms with Crippen molar-refractivity contribution in [2.24, 2.45) is 0 Å². The zero-order valence-electron chi connectivity index (χ0n) is 14.0. The van der Waals surface area contributed by atoms with E-state index in [9.17, 15) is 9.18 Å². The van der Waals surface area contributed by atoms with E-state index in [2.05, 4.69) is 25.7 Å². The summed E-state index contributed by atoms with van der Waals surface area (Å²) in [4.78, 5) is 16.4. The molecule has 136 valence electrons. The lowest BCUT2D eigenvalue weighted by atomic mass is 10.2. The Morgan fingerprint density at radius 2 is 2.15 bits per heavy atom. The lowest BCUT2D eigenvalue weighted by molar-refractivity contribution is 0.0949. The zero-order valence-corrected chi connectivity index (χ0v) is 14.7. The molecule has 1 aromatic carbocycles. The van der Waals surface area contributed by atoms with Gasteiger partial charge in [-0.15, -0.1) is 10.2 Å². The van der Waals surface area contributed by atoms with Crippen molar-refractivity contribution < 1.29 is 13.7 Å². The average Bonchev–Trinajstić information content (AvgIpc) is 3.27. The number of amides is 1. The van der Waals surface area contributed by atoms with Crippen LogP contribution in [-0.4, -0.2) is 30.6 Å². The third kappa shape index (κ3) is 3.36. The highest BCUT2D eigenvalue weighted by Gasteiger charge is 2.13. The topological polar surface area (TPSA) is 98.2 Å². The van der Waals surface area contributed by atoms with Gasteiger partial charge in [0.05, 0.1) is 11.6 Å². The van der Waals surface area contributed by atoms with Crippen LogP contribution < -0.4 is 5.32 Å². The highest BCUT2D eigenvalue weighted by molar-refractivity contribution is 6.31. The summed E-state index contributed by atoms with van der Waals surface area (Å²) in [6.07, 6.45) is 1.75. The molecule has 27 heavy (non-hydrogen) atoms. The van der Waals surface area contributed by atoms with Crippen molar-refractivity contribution in [3.05, 3.63) is 64.6 Å². The van der Waals surface area contributed by atoms with Gasteiger partial charge in [-0.2, -0.15) is 4.98 Å². The van der Waals surface area contributed by atoms with E-state index in [1.807, 2.05) is 0 Å². The van der Waals surface area contributed by atoms with Crippen molar-refractivity contribution in [2.45, 2.75) is 13.5 Å². The highest BCUT2D eigenvalue weighted by Crippen LogP contribution is 2.19. The Bertz CT molecular complexity index is 1160. The van der Waals surface area contributed by atoms with Gasteiger partial charge in [0.15, 0.2) is 17.3 Å². The molecule has 4 aromatic rings. The van der Waals surface area contributed by atoms with Crippen LogP contribution in [0, 0.1) is 12.7 Å². The quantitative estimate of drug-likeness (QED) is 0.579. The van der Waals surface area contributed by atoms with Gasteiger partial charge in [0.25, 0.3) is 11.8 Å². The number of pyridine rings is 1. The van der Waals surface area contributed by atoms with Crippen LogP contribution in [0.4, 0.5) is 4.39 Å². The number of rotatable bonds is 4. The number of nitrogens with one attached hydrogen (secondary N) is 1. The Balaban J connectivity index is 1.52. The van der Waals surface area contributed by atoms with E-state index in [0.717, 1.165) is 6.07 Å². The van der Waals surface area contributed by atoms with E-state index in [4.69, 9.17) is 16.1 Å². The summed E-state index contributed by atoms with van der Waals surface area (Å²) in [5, 5.41) is 14.5. The van der Waals surface area contributed by atoms with E-state index >= 15 is 0 Å². The van der Waals surface area contributed by atoms with Crippen molar-refractivity contribution in [2.75, 3.05) is 0 Å². The SMILES string of the molecule is Cc1noc(-c2ccn3c(CNC(=O)c4ccc(F)c(Cl)c4)nnc3c2)n1. The average molecular weight is 387 g/mol. The largest absolute Gasteiger partial charge is 0.345 e. The molecule has 0 saturated heterocycles. The minimum Gasteiger partial charge on any atom is -0.345 e. The molecule has 8 nitrogen and oxygen atoms in total. The fourth-order valence-electron chi connectivity index (χ4n) is 2.51. The molecular weight excluding hydrogens is 375 g/mol. The molecule has 3 heterocycles. The van der Waals surface area contributed by atoms with Gasteiger partial charge in [-0.25, -0.2) is 4.39 Å². The summed E-state index contributed by atoms with van der Waals surface area (Å²) < 4.78 is 20.1. The molecule has 0 spiro atoms. The van der Waals surface area contributed by atoms with Crippen molar-refractivity contribution in [3.63, 3.8) is 0 Å². The number of hydrogen-bond donors (Lipinski definition) is 1. The van der Waals surface area contributed by atoms with Crippen LogP contribution >= 0.6 is 11.6 Å². The summed E-state index contributed by atoms with van der Waals surface area (Å²) in [6.45, 7) is 1.87. The van der Waals surface area contributed by atoms with E-state index in [1.165, 1.54) is 12.1 Å². The van der Waals surface area contributed by atoms with E-state index in [-0.39, 0.29) is 17.1 Å². The number of hydrogen-bond acceptors (Lipinski definition) is 6. The van der Waals surface area contributed by atoms with E-state index in [0.29, 0.717) is 28.8 Å². The van der Waals surface area contributed by atoms with Crippen LogP contribution in [0.3, 0.4) is 0 Å². The molecular formula is C17H12ClFN6O2. The highest BCUT2D eigenvalue weighted by atomic mass is 35.5. The van der Waals surface area contributed by atoms with Gasteiger partial charge >= 0.3 is 0 Å². The van der Waals surface area contributed by atoms with Crippen LogP contribution in [0.1, 0.15) is 22.0 Å². The van der Waals surface area contributed by atoms with Gasteiger partial charge in [0.2, 0.25) is 0 Å². The van der Waals surface area contributed by atoms with E-state index < -0.39 is 11.7 Å². The Morgan fingerprint density at radius 1 is 1.30 bits per heavy atom. The van der Waals surface area contributed by atoms with Crippen molar-refractivity contribution in [1.82, 2.24) is 30.1 Å². The number of aryl methyl sites for hydroxylation is 1. The molecule has 0 aliphatic rings. The molecule has 0 unspecified atom stereocenters. The van der Waals surface area contributed by atoms with Gasteiger partial charge in [-0.3, -0.25) is 9.20 Å². The first-order chi connectivity index (χ1) is 13.0. The summed E-state index contributed by atoms with van der Waals surface area (Å²) in [7, 11) is 0. The lowest BCUT2D eigenvalue weighted by Crippen LogP contribution is -2.24. The van der Waals surface area contributed by atoms with Crippen LogP contribution in [-0.2, 0) is 6.54 Å². The monoisotopic (exact) mass is 386 g/mol. The van der Waals surface area contributed by atoms with Crippen molar-refractivity contribution in [3.8, 4) is 11.5 Å². The molecule has 0 bridgehead atoms. The van der Waals surface area contributed by atoms with Crippen LogP contribution in [0.2, 0.25) is 5.02 Å². The molecule has 1 amide bonds. The molecule has 0 aliphatic heterocycles. The molecule has 0 saturated carbocycles. The molecule has 4 rings (SSSR count). The Hall–Kier alpha value is -3.33. The second-order valence-electron chi connectivity index (χ2n) is 5.72. The first kappa shape index (κ1) is 17.1. The number of carbonyl (C=O) groups excluding carboxylic acids is 1. The Labute approximate surface area is 157 Å². The number of carbonyl (C=O) groups is 1. The van der Waals surface area contributed by atoms with E-state index in [1.54, 1.807) is 29.7 Å². The normalized spacial score (nSPS) is 11.1. The zero-order chi connectivity index (χ0) is 19.0. The number of nitrogens with zero attached hydrogens (tertiary/aromatic N) is 5. The summed E-state index contributed by atoms with van der Waals surface area (Å²) in [6, 6.07) is 7.31. The lowest BCUT2D eigenvalue weighted by Gasteiger charge is -2.05. The standard InChI is InChI=1S/C17H12ClFN6O2/c1-9-21-17(27-24-9)11-4-5-25-14(7-11)22-23-15(25)8-20-16(26)10-2-3-13(19)12(18)6-10/h2-7H,8H2,1H3,(H,20,26). The summed E-state index contributed by atoms with van der Waals surface area (Å²) >= 11 is 5.70. The maximum atomic E-state index is 13.2.